The van der Waals surface area contributed by atoms with Crippen LogP contribution >= 0.6 is 0 Å². The van der Waals surface area contributed by atoms with Crippen molar-refractivity contribution in [3.63, 3.8) is 0 Å². The van der Waals surface area contributed by atoms with Crippen LogP contribution in [0.2, 0.25) is 0 Å². The average molecular weight is 492 g/mol. The van der Waals surface area contributed by atoms with Gasteiger partial charge in [-0.05, 0) is 57.9 Å². The highest BCUT2D eigenvalue weighted by atomic mass is 16.6. The second-order valence-corrected chi connectivity index (χ2v) is 10.5. The number of nitrogens with one attached hydrogen (secondary N) is 2. The minimum Gasteiger partial charge on any atom is -0.438 e. The molecule has 1 saturated heterocycles. The fourth-order valence-corrected chi connectivity index (χ4v) is 4.52. The summed E-state index contributed by atoms with van der Waals surface area (Å²) < 4.78 is 6.10. The van der Waals surface area contributed by atoms with Gasteiger partial charge in [0, 0.05) is 32.0 Å². The van der Waals surface area contributed by atoms with Gasteiger partial charge in [-0.1, -0.05) is 54.3 Å². The number of nitrogens with zero attached hydrogens (tertiary/aromatic N) is 1. The van der Waals surface area contributed by atoms with Crippen LogP contribution in [0.4, 0.5) is 9.59 Å². The zero-order valence-electron chi connectivity index (χ0n) is 22.0. The van der Waals surface area contributed by atoms with Crippen molar-refractivity contribution in [2.75, 3.05) is 13.6 Å². The normalized spacial score (nSPS) is 19.0. The van der Waals surface area contributed by atoms with Gasteiger partial charge in [0.2, 0.25) is 0 Å². The molecule has 0 bridgehead atoms. The Kier molecular flexibility index (Phi) is 8.00. The Morgan fingerprint density at radius 3 is 2.33 bits per heavy atom. The number of rotatable bonds is 6. The van der Waals surface area contributed by atoms with Gasteiger partial charge in [0.25, 0.3) is 0 Å². The second kappa shape index (κ2) is 10.6. The molecule has 3 amide bonds. The molecular formula is C29H37N3O4. The minimum atomic E-state index is -0.995. The van der Waals surface area contributed by atoms with E-state index in [4.69, 9.17) is 4.74 Å². The van der Waals surface area contributed by atoms with Crippen LogP contribution in [0, 0.1) is 11.8 Å². The number of urea groups is 1. The fourth-order valence-electron chi connectivity index (χ4n) is 4.52. The zero-order chi connectivity index (χ0) is 26.6. The van der Waals surface area contributed by atoms with Crippen LogP contribution in [0.15, 0.2) is 54.6 Å². The van der Waals surface area contributed by atoms with Crippen molar-refractivity contribution in [1.82, 2.24) is 15.5 Å². The first-order valence-corrected chi connectivity index (χ1v) is 12.2. The van der Waals surface area contributed by atoms with Crippen molar-refractivity contribution in [1.29, 1.82) is 0 Å². The highest BCUT2D eigenvalue weighted by molar-refractivity contribution is 5.75. The summed E-state index contributed by atoms with van der Waals surface area (Å²) in [4.78, 5) is 26.5. The van der Waals surface area contributed by atoms with E-state index in [0.717, 1.165) is 16.7 Å². The third-order valence-corrected chi connectivity index (χ3v) is 6.32. The highest BCUT2D eigenvalue weighted by Gasteiger charge is 2.46. The van der Waals surface area contributed by atoms with Crippen LogP contribution in [0.5, 0.6) is 0 Å². The summed E-state index contributed by atoms with van der Waals surface area (Å²) in [6.07, 6.45) is 0.498. The topological polar surface area (TPSA) is 90.9 Å². The van der Waals surface area contributed by atoms with E-state index in [0.29, 0.717) is 19.4 Å². The van der Waals surface area contributed by atoms with Crippen LogP contribution in [0.1, 0.15) is 70.2 Å². The molecule has 7 heteroatoms. The Labute approximate surface area is 214 Å². The average Bonchev–Trinajstić information content (AvgIpc) is 2.82. The van der Waals surface area contributed by atoms with Gasteiger partial charge in [-0.25, -0.2) is 9.59 Å². The number of amides is 3. The largest absolute Gasteiger partial charge is 0.438 e. The van der Waals surface area contributed by atoms with Gasteiger partial charge in [-0.2, -0.15) is 0 Å². The van der Waals surface area contributed by atoms with Gasteiger partial charge in [0.15, 0.2) is 0 Å². The molecule has 3 rings (SSSR count). The number of cyclic esters (lactones) is 1. The molecule has 36 heavy (non-hydrogen) atoms. The molecule has 2 atom stereocenters. The van der Waals surface area contributed by atoms with Crippen molar-refractivity contribution < 1.29 is 19.4 Å². The maximum Gasteiger partial charge on any atom is 0.411 e. The second-order valence-electron chi connectivity index (χ2n) is 10.5. The molecular weight excluding hydrogens is 454 g/mol. The van der Waals surface area contributed by atoms with E-state index in [1.807, 2.05) is 75.4 Å². The molecule has 0 spiro atoms. The van der Waals surface area contributed by atoms with Gasteiger partial charge < -0.3 is 25.4 Å². The molecule has 192 valence electrons. The fraction of sp³-hybridized carbons (Fsp3) is 0.448. The summed E-state index contributed by atoms with van der Waals surface area (Å²) in [5.41, 5.74) is 0.122. The third-order valence-electron chi connectivity index (χ3n) is 6.32. The summed E-state index contributed by atoms with van der Waals surface area (Å²) in [5, 5.41) is 15.9. The molecule has 1 fully saturated rings. The van der Waals surface area contributed by atoms with Gasteiger partial charge in [-0.3, -0.25) is 0 Å². The van der Waals surface area contributed by atoms with Crippen molar-refractivity contribution in [3.05, 3.63) is 71.3 Å². The lowest BCUT2D eigenvalue weighted by molar-refractivity contribution is -0.101. The lowest BCUT2D eigenvalue weighted by Crippen LogP contribution is -2.51. The van der Waals surface area contributed by atoms with Crippen LogP contribution in [-0.2, 0) is 10.3 Å². The Bertz CT molecular complexity index is 1130. The highest BCUT2D eigenvalue weighted by Crippen LogP contribution is 2.42. The maximum absolute atomic E-state index is 13.2. The van der Waals surface area contributed by atoms with E-state index in [2.05, 4.69) is 22.5 Å². The van der Waals surface area contributed by atoms with Gasteiger partial charge in [0.05, 0.1) is 17.2 Å². The van der Waals surface area contributed by atoms with Crippen molar-refractivity contribution >= 4 is 12.1 Å². The maximum atomic E-state index is 13.2. The molecule has 0 saturated carbocycles. The monoisotopic (exact) mass is 491 g/mol. The zero-order valence-corrected chi connectivity index (χ0v) is 22.0. The van der Waals surface area contributed by atoms with Crippen LogP contribution in [0.3, 0.4) is 0 Å². The quantitative estimate of drug-likeness (QED) is 0.511. The summed E-state index contributed by atoms with van der Waals surface area (Å²) in [6.45, 7) is 9.62. The Morgan fingerprint density at radius 1 is 1.14 bits per heavy atom. The first kappa shape index (κ1) is 27.1. The number of ether oxygens (including phenoxy) is 1. The summed E-state index contributed by atoms with van der Waals surface area (Å²) in [5.74, 6) is 6.17. The molecule has 1 unspecified atom stereocenters. The van der Waals surface area contributed by atoms with E-state index in [9.17, 15) is 14.7 Å². The van der Waals surface area contributed by atoms with E-state index in [-0.39, 0.29) is 12.1 Å². The van der Waals surface area contributed by atoms with Gasteiger partial charge >= 0.3 is 12.1 Å². The molecule has 7 nitrogen and oxygen atoms in total. The summed E-state index contributed by atoms with van der Waals surface area (Å²) in [6, 6.07) is 16.9. The number of aliphatic hydroxyl groups is 1. The number of carbonyl (C=O) groups excluding carboxylic acids is 2. The Balaban J connectivity index is 1.74. The molecule has 1 aliphatic rings. The van der Waals surface area contributed by atoms with Gasteiger partial charge in [0.1, 0.15) is 5.60 Å². The van der Waals surface area contributed by atoms with Crippen LogP contribution in [-0.4, -0.2) is 46.9 Å². The van der Waals surface area contributed by atoms with E-state index in [1.54, 1.807) is 25.8 Å². The van der Waals surface area contributed by atoms with Crippen molar-refractivity contribution in [2.24, 2.45) is 0 Å². The SMILES string of the molecule is CNC(=O)NC(C)(C)C#Cc1ccc([C@H](C)N2CCC(CC(C)(C)O)(c3ccccc3)OC2=O)cc1. The molecule has 2 aromatic rings. The minimum absolute atomic E-state index is 0.193. The number of hydrogen-bond donors (Lipinski definition) is 3. The summed E-state index contributed by atoms with van der Waals surface area (Å²) in [7, 11) is 1.56. The molecule has 0 aromatic heterocycles. The molecule has 2 aromatic carbocycles. The van der Waals surface area contributed by atoms with E-state index >= 15 is 0 Å². The molecule has 3 N–H and O–H groups in total. The molecule has 1 aliphatic heterocycles. The number of benzene rings is 2. The number of hydrogen-bond acceptors (Lipinski definition) is 4. The smallest absolute Gasteiger partial charge is 0.411 e. The first-order valence-electron chi connectivity index (χ1n) is 12.2. The number of carbonyl (C=O) groups is 2. The molecule has 0 radical (unpaired) electrons. The molecule has 1 heterocycles. The molecule has 0 aliphatic carbocycles. The Morgan fingerprint density at radius 2 is 1.78 bits per heavy atom. The first-order chi connectivity index (χ1) is 16.8. The lowest BCUT2D eigenvalue weighted by Gasteiger charge is -2.45. The van der Waals surface area contributed by atoms with Crippen molar-refractivity contribution in [3.8, 4) is 11.8 Å². The lowest BCUT2D eigenvalue weighted by atomic mass is 9.80. The standard InChI is InChI=1S/C29H37N3O4/c1-21(23-14-12-22(13-15-23)16-17-27(2,3)31-25(33)30-6)32-19-18-29(36-26(32)34,20-28(4,5)35)24-10-8-7-9-11-24/h7-15,21,35H,18-20H2,1-6H3,(H2,30,31,33)/t21-,29?/m0/s1. The summed E-state index contributed by atoms with van der Waals surface area (Å²) >= 11 is 0. The van der Waals surface area contributed by atoms with Crippen LogP contribution in [0.25, 0.3) is 0 Å². The predicted molar refractivity (Wildman–Crippen MR) is 140 cm³/mol. The predicted octanol–water partition coefficient (Wildman–Crippen LogP) is 4.71. The Hall–Kier alpha value is -3.50. The van der Waals surface area contributed by atoms with E-state index in [1.165, 1.54) is 0 Å². The van der Waals surface area contributed by atoms with Crippen LogP contribution < -0.4 is 10.6 Å². The van der Waals surface area contributed by atoms with E-state index < -0.39 is 22.8 Å². The van der Waals surface area contributed by atoms with Crippen molar-refractivity contribution in [2.45, 2.75) is 70.2 Å². The third kappa shape index (κ3) is 6.79. The van der Waals surface area contributed by atoms with Gasteiger partial charge in [-0.15, -0.1) is 0 Å².